The summed E-state index contributed by atoms with van der Waals surface area (Å²) in [5.41, 5.74) is 3.27. The van der Waals surface area contributed by atoms with Crippen molar-refractivity contribution >= 4 is 35.1 Å². The highest BCUT2D eigenvalue weighted by Gasteiger charge is 2.21. The van der Waals surface area contributed by atoms with Crippen molar-refractivity contribution in [3.05, 3.63) is 119 Å². The molecule has 4 rings (SSSR count). The number of ether oxygens (including phenoxy) is 2. The maximum Gasteiger partial charge on any atom is 0.326 e. The van der Waals surface area contributed by atoms with Crippen molar-refractivity contribution in [3.63, 3.8) is 0 Å². The lowest BCUT2D eigenvalue weighted by atomic mass is 10.0. The van der Waals surface area contributed by atoms with Crippen LogP contribution in [0.3, 0.4) is 0 Å². The Morgan fingerprint density at radius 1 is 0.653 bits per heavy atom. The average Bonchev–Trinajstić information content (AvgIpc) is 3.11. The zero-order chi connectivity index (χ0) is 35.0. The third kappa shape index (κ3) is 11.8. The monoisotopic (exact) mass is 665 g/mol. The second-order valence-corrected chi connectivity index (χ2v) is 11.7. The Labute approximate surface area is 286 Å². The quantitative estimate of drug-likeness (QED) is 0.0847. The molecule has 1 atom stereocenters. The van der Waals surface area contributed by atoms with Gasteiger partial charge in [-0.15, -0.1) is 0 Å². The molecule has 0 radical (unpaired) electrons. The summed E-state index contributed by atoms with van der Waals surface area (Å²) < 4.78 is 10.9. The van der Waals surface area contributed by atoms with Crippen LogP contribution in [0, 0.1) is 0 Å². The van der Waals surface area contributed by atoms with E-state index in [-0.39, 0.29) is 30.2 Å². The Balaban J connectivity index is 1.24. The van der Waals surface area contributed by atoms with Crippen LogP contribution in [-0.4, -0.2) is 48.6 Å². The van der Waals surface area contributed by atoms with E-state index in [1.807, 2.05) is 12.1 Å². The molecule has 0 saturated carbocycles. The van der Waals surface area contributed by atoms with Gasteiger partial charge in [0.2, 0.25) is 5.91 Å². The molecule has 49 heavy (non-hydrogen) atoms. The van der Waals surface area contributed by atoms with Crippen molar-refractivity contribution in [1.82, 2.24) is 5.32 Å². The van der Waals surface area contributed by atoms with Crippen LogP contribution in [0.15, 0.2) is 97.1 Å². The number of carboxylic acids is 1. The second kappa shape index (κ2) is 18.6. The van der Waals surface area contributed by atoms with E-state index in [9.17, 15) is 24.3 Å². The molecule has 0 aromatic heterocycles. The highest BCUT2D eigenvalue weighted by molar-refractivity contribution is 6.04. The molecule has 1 unspecified atom stereocenters. The van der Waals surface area contributed by atoms with Gasteiger partial charge in [-0.1, -0.05) is 56.9 Å². The number of benzene rings is 4. The summed E-state index contributed by atoms with van der Waals surface area (Å²) in [6.45, 7) is 2.83. The van der Waals surface area contributed by atoms with E-state index >= 15 is 0 Å². The predicted octanol–water partition coefficient (Wildman–Crippen LogP) is 6.90. The molecule has 10 nitrogen and oxygen atoms in total. The third-order valence-corrected chi connectivity index (χ3v) is 7.84. The van der Waals surface area contributed by atoms with Crippen LogP contribution in [0.4, 0.5) is 11.4 Å². The van der Waals surface area contributed by atoms with E-state index in [4.69, 9.17) is 9.47 Å². The first-order valence-corrected chi connectivity index (χ1v) is 16.4. The molecule has 4 aromatic rings. The van der Waals surface area contributed by atoms with Crippen LogP contribution >= 0.6 is 0 Å². The van der Waals surface area contributed by atoms with E-state index < -0.39 is 17.9 Å². The molecule has 0 aliphatic rings. The van der Waals surface area contributed by atoms with E-state index in [0.717, 1.165) is 24.2 Å². The first-order chi connectivity index (χ1) is 23.7. The Bertz CT molecular complexity index is 1670. The van der Waals surface area contributed by atoms with Crippen molar-refractivity contribution in [3.8, 4) is 11.5 Å². The highest BCUT2D eigenvalue weighted by atomic mass is 16.5. The summed E-state index contributed by atoms with van der Waals surface area (Å²) in [7, 11) is 1.57. The standard InChI is InChI=1S/C39H43N3O7/c1-3-4-5-6-7-24-49-34-22-14-30(15-23-34)37(44)41-32-16-8-27(9-17-32)25-35(39(46)47)42-38(45)29-12-18-31(19-13-29)40-36(43)26-28-10-20-33(48-2)21-11-28/h8-23,35H,3-7,24-26H2,1-2H3,(H,40,43)(H,41,44)(H,42,45)(H,46,47). The molecule has 0 spiro atoms. The van der Waals surface area contributed by atoms with E-state index in [0.29, 0.717) is 34.9 Å². The summed E-state index contributed by atoms with van der Waals surface area (Å²) in [5, 5.41) is 18.0. The Hall–Kier alpha value is -5.64. The zero-order valence-corrected chi connectivity index (χ0v) is 27.9. The third-order valence-electron chi connectivity index (χ3n) is 7.84. The van der Waals surface area contributed by atoms with Crippen LogP contribution in [-0.2, 0) is 22.4 Å². The number of nitrogens with one attached hydrogen (secondary N) is 3. The normalized spacial score (nSPS) is 11.2. The van der Waals surface area contributed by atoms with Gasteiger partial charge in [0, 0.05) is 28.9 Å². The predicted molar refractivity (Wildman–Crippen MR) is 189 cm³/mol. The number of rotatable bonds is 18. The lowest BCUT2D eigenvalue weighted by Crippen LogP contribution is -2.42. The fourth-order valence-corrected chi connectivity index (χ4v) is 5.04. The van der Waals surface area contributed by atoms with Gasteiger partial charge in [0.25, 0.3) is 11.8 Å². The largest absolute Gasteiger partial charge is 0.497 e. The lowest BCUT2D eigenvalue weighted by Gasteiger charge is -2.15. The molecular formula is C39H43N3O7. The summed E-state index contributed by atoms with van der Waals surface area (Å²) in [6.07, 6.45) is 6.00. The fourth-order valence-electron chi connectivity index (χ4n) is 5.04. The molecule has 4 aromatic carbocycles. The van der Waals surface area contributed by atoms with Crippen LogP contribution < -0.4 is 25.4 Å². The van der Waals surface area contributed by atoms with Crippen LogP contribution in [0.2, 0.25) is 0 Å². The molecule has 0 aliphatic carbocycles. The van der Waals surface area contributed by atoms with Crippen molar-refractivity contribution in [2.75, 3.05) is 24.4 Å². The van der Waals surface area contributed by atoms with E-state index in [2.05, 4.69) is 22.9 Å². The number of carboxylic acid groups (broad SMARTS) is 1. The van der Waals surface area contributed by atoms with Crippen LogP contribution in [0.1, 0.15) is 70.9 Å². The summed E-state index contributed by atoms with van der Waals surface area (Å²) in [6, 6.07) is 26.0. The molecule has 10 heteroatoms. The second-order valence-electron chi connectivity index (χ2n) is 11.7. The molecule has 256 valence electrons. The Kier molecular flexibility index (Phi) is 13.8. The highest BCUT2D eigenvalue weighted by Crippen LogP contribution is 2.18. The molecule has 4 N–H and O–H groups in total. The number of methoxy groups -OCH3 is 1. The SMILES string of the molecule is CCCCCCCOc1ccc(C(=O)Nc2ccc(CC(NC(=O)c3ccc(NC(=O)Cc4ccc(OC)cc4)cc3)C(=O)O)cc2)cc1. The topological polar surface area (TPSA) is 143 Å². The molecule has 3 amide bonds. The first kappa shape index (κ1) is 36.2. The van der Waals surface area contributed by atoms with Crippen LogP contribution in [0.25, 0.3) is 0 Å². The first-order valence-electron chi connectivity index (χ1n) is 16.4. The Morgan fingerprint density at radius 3 is 1.84 bits per heavy atom. The maximum atomic E-state index is 12.9. The molecule has 0 fully saturated rings. The number of anilines is 2. The number of amides is 3. The number of unbranched alkanes of at least 4 members (excludes halogenated alkanes) is 4. The molecule has 0 saturated heterocycles. The van der Waals surface area contributed by atoms with Gasteiger partial charge in [0.1, 0.15) is 17.5 Å². The van der Waals surface area contributed by atoms with Crippen molar-refractivity contribution in [2.45, 2.75) is 57.9 Å². The van der Waals surface area contributed by atoms with Gasteiger partial charge >= 0.3 is 5.97 Å². The minimum absolute atomic E-state index is 0.0366. The minimum atomic E-state index is -1.19. The van der Waals surface area contributed by atoms with Crippen molar-refractivity contribution in [1.29, 1.82) is 0 Å². The van der Waals surface area contributed by atoms with Gasteiger partial charge in [-0.3, -0.25) is 14.4 Å². The van der Waals surface area contributed by atoms with Gasteiger partial charge < -0.3 is 30.5 Å². The number of hydrogen-bond donors (Lipinski definition) is 4. The van der Waals surface area contributed by atoms with Crippen LogP contribution in [0.5, 0.6) is 11.5 Å². The molecular weight excluding hydrogens is 622 g/mol. The smallest absolute Gasteiger partial charge is 0.326 e. The van der Waals surface area contributed by atoms with E-state index in [1.165, 1.54) is 31.4 Å². The number of hydrogen-bond acceptors (Lipinski definition) is 6. The van der Waals surface area contributed by atoms with Gasteiger partial charge in [-0.2, -0.15) is 0 Å². The molecule has 0 aliphatic heterocycles. The maximum absolute atomic E-state index is 12.9. The molecule has 0 heterocycles. The van der Waals surface area contributed by atoms with Gasteiger partial charge in [0.05, 0.1) is 20.1 Å². The van der Waals surface area contributed by atoms with Crippen molar-refractivity contribution < 1.29 is 33.8 Å². The number of carbonyl (C=O) groups excluding carboxylic acids is 3. The number of aliphatic carboxylic acids is 1. The zero-order valence-electron chi connectivity index (χ0n) is 27.9. The minimum Gasteiger partial charge on any atom is -0.497 e. The van der Waals surface area contributed by atoms with Gasteiger partial charge in [0.15, 0.2) is 0 Å². The average molecular weight is 666 g/mol. The Morgan fingerprint density at radius 2 is 1.20 bits per heavy atom. The van der Waals surface area contributed by atoms with Crippen molar-refractivity contribution in [2.24, 2.45) is 0 Å². The molecule has 0 bridgehead atoms. The lowest BCUT2D eigenvalue weighted by molar-refractivity contribution is -0.139. The van der Waals surface area contributed by atoms with E-state index in [1.54, 1.807) is 79.9 Å². The van der Waals surface area contributed by atoms with Gasteiger partial charge in [-0.05, 0) is 90.3 Å². The number of carbonyl (C=O) groups is 4. The van der Waals surface area contributed by atoms with Gasteiger partial charge in [-0.25, -0.2) is 4.79 Å². The summed E-state index contributed by atoms with van der Waals surface area (Å²) in [4.78, 5) is 50.1. The summed E-state index contributed by atoms with van der Waals surface area (Å²) in [5.74, 6) is -0.820. The summed E-state index contributed by atoms with van der Waals surface area (Å²) >= 11 is 0. The fraction of sp³-hybridized carbons (Fsp3) is 0.282.